The largest absolute Gasteiger partial charge is 0.497 e. The normalized spacial score (nSPS) is 17.9. The van der Waals surface area contributed by atoms with E-state index in [0.29, 0.717) is 54.0 Å². The number of aliphatic hydroxyl groups is 1. The number of nitrogens with one attached hydrogen (secondary N) is 2. The molecule has 9 nitrogen and oxygen atoms in total. The third-order valence-corrected chi connectivity index (χ3v) is 4.97. The third kappa shape index (κ3) is 5.19. The molecule has 3 N–H and O–H groups in total. The fourth-order valence-corrected chi connectivity index (χ4v) is 3.30. The van der Waals surface area contributed by atoms with Crippen molar-refractivity contribution in [1.29, 1.82) is 0 Å². The Morgan fingerprint density at radius 3 is 2.55 bits per heavy atom. The van der Waals surface area contributed by atoms with Crippen molar-refractivity contribution in [2.75, 3.05) is 32.6 Å². The quantitative estimate of drug-likeness (QED) is 0.503. The number of β-amino-alcohol motifs (C(OH)–C–C–N with tert-alkyl or cyclic N) is 1. The number of nitrogens with zero attached hydrogens (tertiary/aromatic N) is 3. The SMILES string of the molecule is COc1ccc(Oc2nc(-c3cncc(OC)c3)ncc2NC[C@@H]2C[C@@H](O)CN2)cc1. The number of methoxy groups -OCH3 is 2. The molecule has 162 valence electrons. The summed E-state index contributed by atoms with van der Waals surface area (Å²) in [5.41, 5.74) is 1.37. The molecule has 0 radical (unpaired) electrons. The van der Waals surface area contributed by atoms with Gasteiger partial charge < -0.3 is 30.0 Å². The Hall–Kier alpha value is -3.43. The van der Waals surface area contributed by atoms with Gasteiger partial charge in [0.05, 0.1) is 32.7 Å². The smallest absolute Gasteiger partial charge is 0.246 e. The second-order valence-corrected chi connectivity index (χ2v) is 7.18. The molecule has 0 spiro atoms. The summed E-state index contributed by atoms with van der Waals surface area (Å²) < 4.78 is 16.5. The zero-order valence-corrected chi connectivity index (χ0v) is 17.4. The van der Waals surface area contributed by atoms with E-state index in [2.05, 4.69) is 25.6 Å². The Kier molecular flexibility index (Phi) is 6.44. The fraction of sp³-hybridized carbons (Fsp3) is 0.318. The summed E-state index contributed by atoms with van der Waals surface area (Å²) in [5.74, 6) is 2.83. The zero-order chi connectivity index (χ0) is 21.6. The van der Waals surface area contributed by atoms with E-state index in [4.69, 9.17) is 14.2 Å². The third-order valence-electron chi connectivity index (χ3n) is 4.97. The Morgan fingerprint density at radius 1 is 1.06 bits per heavy atom. The number of hydrogen-bond donors (Lipinski definition) is 3. The molecule has 0 bridgehead atoms. The highest BCUT2D eigenvalue weighted by Crippen LogP contribution is 2.31. The Balaban J connectivity index is 1.60. The molecule has 2 atom stereocenters. The predicted octanol–water partition coefficient (Wildman–Crippen LogP) is 2.48. The first-order valence-corrected chi connectivity index (χ1v) is 9.98. The molecule has 3 aromatic rings. The van der Waals surface area contributed by atoms with Crippen LogP contribution in [0, 0.1) is 0 Å². The van der Waals surface area contributed by atoms with Crippen LogP contribution in [0.1, 0.15) is 6.42 Å². The van der Waals surface area contributed by atoms with E-state index in [-0.39, 0.29) is 12.1 Å². The number of aliphatic hydroxyl groups excluding tert-OH is 1. The van der Waals surface area contributed by atoms with Crippen molar-refractivity contribution in [3.8, 4) is 34.5 Å². The molecule has 3 heterocycles. The molecule has 1 fully saturated rings. The molecule has 1 aliphatic heterocycles. The van der Waals surface area contributed by atoms with Crippen LogP contribution in [0.25, 0.3) is 11.4 Å². The lowest BCUT2D eigenvalue weighted by Crippen LogP contribution is -2.29. The highest BCUT2D eigenvalue weighted by molar-refractivity contribution is 5.61. The molecule has 1 aliphatic rings. The van der Waals surface area contributed by atoms with Gasteiger partial charge in [0.1, 0.15) is 22.9 Å². The van der Waals surface area contributed by atoms with Gasteiger partial charge in [-0.3, -0.25) is 4.98 Å². The van der Waals surface area contributed by atoms with Crippen molar-refractivity contribution in [3.63, 3.8) is 0 Å². The first-order chi connectivity index (χ1) is 15.1. The molecule has 0 aliphatic carbocycles. The van der Waals surface area contributed by atoms with Crippen LogP contribution in [-0.2, 0) is 0 Å². The number of rotatable bonds is 8. The van der Waals surface area contributed by atoms with Crippen LogP contribution in [0.2, 0.25) is 0 Å². The standard InChI is InChI=1S/C22H25N5O4/c1-29-17-3-5-18(6-4-17)31-22-20(25-10-15-8-16(28)11-24-15)13-26-21(27-22)14-7-19(30-2)12-23-9-14/h3-7,9,12-13,15-16,24-25,28H,8,10-11H2,1-2H3/t15-,16+/m0/s1. The van der Waals surface area contributed by atoms with E-state index < -0.39 is 0 Å². The first-order valence-electron chi connectivity index (χ1n) is 9.98. The number of benzene rings is 1. The lowest BCUT2D eigenvalue weighted by molar-refractivity contribution is 0.193. The number of anilines is 1. The molecule has 0 saturated carbocycles. The predicted molar refractivity (Wildman–Crippen MR) is 116 cm³/mol. The maximum Gasteiger partial charge on any atom is 0.246 e. The Labute approximate surface area is 180 Å². The average molecular weight is 423 g/mol. The van der Waals surface area contributed by atoms with Gasteiger partial charge in [-0.15, -0.1) is 0 Å². The Morgan fingerprint density at radius 2 is 1.84 bits per heavy atom. The summed E-state index contributed by atoms with van der Waals surface area (Å²) in [6.45, 7) is 1.21. The van der Waals surface area contributed by atoms with Gasteiger partial charge >= 0.3 is 0 Å². The summed E-state index contributed by atoms with van der Waals surface area (Å²) in [7, 11) is 3.20. The topological polar surface area (TPSA) is 111 Å². The molecule has 0 unspecified atom stereocenters. The van der Waals surface area contributed by atoms with Crippen LogP contribution in [0.15, 0.2) is 48.9 Å². The molecular weight excluding hydrogens is 398 g/mol. The van der Waals surface area contributed by atoms with E-state index in [1.54, 1.807) is 32.8 Å². The number of hydrogen-bond acceptors (Lipinski definition) is 9. The van der Waals surface area contributed by atoms with Crippen molar-refractivity contribution in [3.05, 3.63) is 48.9 Å². The minimum absolute atomic E-state index is 0.158. The fourth-order valence-electron chi connectivity index (χ4n) is 3.30. The lowest BCUT2D eigenvalue weighted by atomic mass is 10.2. The summed E-state index contributed by atoms with van der Waals surface area (Å²) in [6.07, 6.45) is 5.35. The lowest BCUT2D eigenvalue weighted by Gasteiger charge is -2.16. The van der Waals surface area contributed by atoms with Gasteiger partial charge in [0.25, 0.3) is 0 Å². The highest BCUT2D eigenvalue weighted by atomic mass is 16.5. The van der Waals surface area contributed by atoms with Gasteiger partial charge in [-0.25, -0.2) is 4.98 Å². The summed E-state index contributed by atoms with van der Waals surface area (Å²) in [6, 6.07) is 9.24. The number of aromatic nitrogens is 3. The highest BCUT2D eigenvalue weighted by Gasteiger charge is 2.22. The van der Waals surface area contributed by atoms with E-state index in [1.807, 2.05) is 30.3 Å². The van der Waals surface area contributed by atoms with Crippen LogP contribution in [0.3, 0.4) is 0 Å². The van der Waals surface area contributed by atoms with Crippen molar-refractivity contribution < 1.29 is 19.3 Å². The van der Waals surface area contributed by atoms with Gasteiger partial charge in [-0.2, -0.15) is 4.98 Å². The van der Waals surface area contributed by atoms with Crippen LogP contribution >= 0.6 is 0 Å². The molecule has 0 amide bonds. The van der Waals surface area contributed by atoms with Crippen molar-refractivity contribution in [2.45, 2.75) is 18.6 Å². The van der Waals surface area contributed by atoms with Crippen LogP contribution in [0.5, 0.6) is 23.1 Å². The Bertz CT molecular complexity index is 1020. The van der Waals surface area contributed by atoms with E-state index in [9.17, 15) is 5.11 Å². The maximum absolute atomic E-state index is 9.73. The van der Waals surface area contributed by atoms with E-state index in [0.717, 1.165) is 5.75 Å². The molecule has 1 aromatic carbocycles. The van der Waals surface area contributed by atoms with E-state index >= 15 is 0 Å². The maximum atomic E-state index is 9.73. The first kappa shape index (κ1) is 20.8. The van der Waals surface area contributed by atoms with Gasteiger partial charge in [-0.05, 0) is 36.8 Å². The van der Waals surface area contributed by atoms with Crippen molar-refractivity contribution in [2.24, 2.45) is 0 Å². The zero-order valence-electron chi connectivity index (χ0n) is 17.4. The number of pyridine rings is 1. The number of ether oxygens (including phenoxy) is 3. The van der Waals surface area contributed by atoms with Crippen LogP contribution in [-0.4, -0.2) is 59.5 Å². The van der Waals surface area contributed by atoms with Crippen molar-refractivity contribution >= 4 is 5.69 Å². The minimum Gasteiger partial charge on any atom is -0.497 e. The second kappa shape index (κ2) is 9.59. The second-order valence-electron chi connectivity index (χ2n) is 7.18. The van der Waals surface area contributed by atoms with E-state index in [1.165, 1.54) is 0 Å². The molecular formula is C22H25N5O4. The molecule has 1 saturated heterocycles. The average Bonchev–Trinajstić information content (AvgIpc) is 3.23. The summed E-state index contributed by atoms with van der Waals surface area (Å²) in [4.78, 5) is 13.3. The monoisotopic (exact) mass is 423 g/mol. The molecule has 4 rings (SSSR count). The van der Waals surface area contributed by atoms with Crippen molar-refractivity contribution in [1.82, 2.24) is 20.3 Å². The van der Waals surface area contributed by atoms with Gasteiger partial charge in [0.15, 0.2) is 5.82 Å². The summed E-state index contributed by atoms with van der Waals surface area (Å²) >= 11 is 0. The molecule has 9 heteroatoms. The molecule has 31 heavy (non-hydrogen) atoms. The van der Waals surface area contributed by atoms with Crippen LogP contribution < -0.4 is 24.8 Å². The minimum atomic E-state index is -0.319. The van der Waals surface area contributed by atoms with Gasteiger partial charge in [-0.1, -0.05) is 0 Å². The van der Waals surface area contributed by atoms with Crippen LogP contribution in [0.4, 0.5) is 5.69 Å². The summed E-state index contributed by atoms with van der Waals surface area (Å²) in [5, 5.41) is 16.3. The van der Waals surface area contributed by atoms with Gasteiger partial charge in [0.2, 0.25) is 5.88 Å². The molecule has 2 aromatic heterocycles. The van der Waals surface area contributed by atoms with Gasteiger partial charge in [0, 0.05) is 30.9 Å².